The van der Waals surface area contributed by atoms with Gasteiger partial charge < -0.3 is 5.32 Å². The Balaban J connectivity index is 2.47. The third-order valence-electron chi connectivity index (χ3n) is 2.47. The summed E-state index contributed by atoms with van der Waals surface area (Å²) in [5.74, 6) is -3.22. The monoisotopic (exact) mass is 276 g/mol. The summed E-state index contributed by atoms with van der Waals surface area (Å²) in [5.41, 5.74) is -0.661. The van der Waals surface area contributed by atoms with Crippen LogP contribution in [0.15, 0.2) is 17.0 Å². The molecule has 0 saturated heterocycles. The van der Waals surface area contributed by atoms with E-state index in [1.165, 1.54) is 0 Å². The molecule has 1 aromatic rings. The van der Waals surface area contributed by atoms with Crippen molar-refractivity contribution in [2.75, 3.05) is 0 Å². The molecule has 18 heavy (non-hydrogen) atoms. The Hall–Kier alpha value is -1.54. The first-order chi connectivity index (χ1) is 8.29. The Morgan fingerprint density at radius 2 is 1.94 bits per heavy atom. The minimum absolute atomic E-state index is 0.0573. The smallest absolute Gasteiger partial charge is 0.254 e. The van der Waals surface area contributed by atoms with Crippen LogP contribution < -0.4 is 10.5 Å². The summed E-state index contributed by atoms with van der Waals surface area (Å²) in [6.45, 7) is 0. The summed E-state index contributed by atoms with van der Waals surface area (Å²) in [5, 5.41) is 7.18. The molecule has 1 fully saturated rings. The van der Waals surface area contributed by atoms with E-state index < -0.39 is 38.0 Å². The summed E-state index contributed by atoms with van der Waals surface area (Å²) in [4.78, 5) is 10.6. The molecular weight excluding hydrogens is 266 g/mol. The van der Waals surface area contributed by atoms with Crippen molar-refractivity contribution in [1.82, 2.24) is 5.32 Å². The van der Waals surface area contributed by atoms with Crippen molar-refractivity contribution in [1.29, 1.82) is 0 Å². The van der Waals surface area contributed by atoms with Crippen LogP contribution in [0.4, 0.5) is 8.78 Å². The SMILES string of the molecule is NS(=O)(=O)c1cc(F)cc(C(=O)NC2CC2)c1F. The Kier molecular flexibility index (Phi) is 3.07. The minimum atomic E-state index is -4.42. The number of sulfonamides is 1. The number of primary sulfonamides is 1. The van der Waals surface area contributed by atoms with Gasteiger partial charge in [0.1, 0.15) is 10.7 Å². The number of nitrogens with two attached hydrogens (primary N) is 1. The Bertz CT molecular complexity index is 612. The molecule has 2 rings (SSSR count). The molecule has 5 nitrogen and oxygen atoms in total. The van der Waals surface area contributed by atoms with Crippen molar-refractivity contribution in [3.05, 3.63) is 29.3 Å². The van der Waals surface area contributed by atoms with Crippen molar-refractivity contribution in [2.24, 2.45) is 5.14 Å². The predicted molar refractivity (Wildman–Crippen MR) is 58.2 cm³/mol. The lowest BCUT2D eigenvalue weighted by molar-refractivity contribution is 0.0946. The van der Waals surface area contributed by atoms with Crippen LogP contribution >= 0.6 is 0 Å². The standard InChI is InChI=1S/C10H10F2N2O3S/c11-5-3-7(10(15)14-6-1-2-6)9(12)8(4-5)18(13,16)17/h3-4,6H,1-2H2,(H,14,15)(H2,13,16,17). The van der Waals surface area contributed by atoms with Crippen molar-refractivity contribution in [2.45, 2.75) is 23.8 Å². The van der Waals surface area contributed by atoms with Gasteiger partial charge in [-0.2, -0.15) is 0 Å². The molecule has 0 atom stereocenters. The molecule has 0 spiro atoms. The number of hydrogen-bond donors (Lipinski definition) is 2. The van der Waals surface area contributed by atoms with Crippen LogP contribution in [0.1, 0.15) is 23.2 Å². The lowest BCUT2D eigenvalue weighted by atomic mass is 10.2. The van der Waals surface area contributed by atoms with Crippen molar-refractivity contribution in [3.63, 3.8) is 0 Å². The normalized spacial score (nSPS) is 15.5. The summed E-state index contributed by atoms with van der Waals surface area (Å²) < 4.78 is 49.1. The highest BCUT2D eigenvalue weighted by atomic mass is 32.2. The van der Waals surface area contributed by atoms with E-state index in [1.54, 1.807) is 0 Å². The average Bonchev–Trinajstić information content (AvgIpc) is 3.03. The molecular formula is C10H10F2N2O3S. The highest BCUT2D eigenvalue weighted by Crippen LogP contribution is 2.22. The maximum Gasteiger partial charge on any atom is 0.254 e. The van der Waals surface area contributed by atoms with Crippen LogP contribution in [0.2, 0.25) is 0 Å². The van der Waals surface area contributed by atoms with E-state index in [9.17, 15) is 22.0 Å². The number of halogens is 2. The van der Waals surface area contributed by atoms with E-state index in [-0.39, 0.29) is 6.04 Å². The second-order valence-corrected chi connectivity index (χ2v) is 5.59. The molecule has 0 heterocycles. The number of amides is 1. The van der Waals surface area contributed by atoms with Crippen LogP contribution in [-0.4, -0.2) is 20.4 Å². The van der Waals surface area contributed by atoms with Crippen LogP contribution in [-0.2, 0) is 10.0 Å². The predicted octanol–water partition coefficient (Wildman–Crippen LogP) is 0.504. The van der Waals surface area contributed by atoms with Gasteiger partial charge in [0, 0.05) is 6.04 Å². The second-order valence-electron chi connectivity index (χ2n) is 4.06. The molecule has 0 radical (unpaired) electrons. The van der Waals surface area contributed by atoms with Crippen LogP contribution in [0.3, 0.4) is 0 Å². The molecule has 1 amide bonds. The zero-order chi connectivity index (χ0) is 13.5. The lowest BCUT2D eigenvalue weighted by Gasteiger charge is -2.08. The summed E-state index contributed by atoms with van der Waals surface area (Å²) in [6.07, 6.45) is 1.54. The van der Waals surface area contributed by atoms with Crippen molar-refractivity contribution < 1.29 is 22.0 Å². The molecule has 0 aromatic heterocycles. The number of carbonyl (C=O) groups excluding carboxylic acids is 1. The number of benzene rings is 1. The van der Waals surface area contributed by atoms with Gasteiger partial charge in [-0.25, -0.2) is 22.3 Å². The maximum atomic E-state index is 13.8. The van der Waals surface area contributed by atoms with Gasteiger partial charge in [-0.15, -0.1) is 0 Å². The minimum Gasteiger partial charge on any atom is -0.349 e. The number of hydrogen-bond acceptors (Lipinski definition) is 3. The first-order valence-electron chi connectivity index (χ1n) is 5.12. The Morgan fingerprint density at radius 3 is 2.44 bits per heavy atom. The van der Waals surface area contributed by atoms with E-state index in [0.29, 0.717) is 12.1 Å². The molecule has 1 aromatic carbocycles. The van der Waals surface area contributed by atoms with E-state index in [1.807, 2.05) is 0 Å². The number of carbonyl (C=O) groups is 1. The molecule has 1 saturated carbocycles. The second kappa shape index (κ2) is 4.29. The molecule has 1 aliphatic carbocycles. The van der Waals surface area contributed by atoms with Gasteiger partial charge in [-0.3, -0.25) is 4.79 Å². The van der Waals surface area contributed by atoms with Gasteiger partial charge in [-0.05, 0) is 25.0 Å². The third-order valence-corrected chi connectivity index (χ3v) is 3.38. The number of nitrogens with one attached hydrogen (secondary N) is 1. The topological polar surface area (TPSA) is 89.3 Å². The zero-order valence-corrected chi connectivity index (χ0v) is 9.93. The molecule has 0 bridgehead atoms. The van der Waals surface area contributed by atoms with E-state index in [2.05, 4.69) is 5.32 Å². The van der Waals surface area contributed by atoms with Gasteiger partial charge in [0.25, 0.3) is 5.91 Å². The van der Waals surface area contributed by atoms with Gasteiger partial charge in [-0.1, -0.05) is 0 Å². The first-order valence-corrected chi connectivity index (χ1v) is 6.66. The van der Waals surface area contributed by atoms with Gasteiger partial charge in [0.05, 0.1) is 5.56 Å². The molecule has 0 aliphatic heterocycles. The largest absolute Gasteiger partial charge is 0.349 e. The fourth-order valence-electron chi connectivity index (χ4n) is 1.43. The van der Waals surface area contributed by atoms with Crippen LogP contribution in [0, 0.1) is 11.6 Å². The van der Waals surface area contributed by atoms with E-state index in [0.717, 1.165) is 12.8 Å². The summed E-state index contributed by atoms with van der Waals surface area (Å²) in [6, 6.07) is 1.03. The Labute approximate surface area is 102 Å². The molecule has 98 valence electrons. The lowest BCUT2D eigenvalue weighted by Crippen LogP contribution is -2.27. The fraction of sp³-hybridized carbons (Fsp3) is 0.300. The zero-order valence-electron chi connectivity index (χ0n) is 9.11. The Morgan fingerprint density at radius 1 is 1.33 bits per heavy atom. The highest BCUT2D eigenvalue weighted by molar-refractivity contribution is 7.89. The van der Waals surface area contributed by atoms with Crippen LogP contribution in [0.25, 0.3) is 0 Å². The molecule has 3 N–H and O–H groups in total. The van der Waals surface area contributed by atoms with Gasteiger partial charge in [0.15, 0.2) is 5.82 Å². The summed E-state index contributed by atoms with van der Waals surface area (Å²) in [7, 11) is -4.42. The maximum absolute atomic E-state index is 13.8. The fourth-order valence-corrected chi connectivity index (χ4v) is 2.06. The number of rotatable bonds is 3. The summed E-state index contributed by atoms with van der Waals surface area (Å²) >= 11 is 0. The van der Waals surface area contributed by atoms with E-state index >= 15 is 0 Å². The van der Waals surface area contributed by atoms with Gasteiger partial charge >= 0.3 is 0 Å². The third kappa shape index (κ3) is 2.65. The van der Waals surface area contributed by atoms with Crippen molar-refractivity contribution >= 4 is 15.9 Å². The van der Waals surface area contributed by atoms with Gasteiger partial charge in [0.2, 0.25) is 10.0 Å². The molecule has 8 heteroatoms. The molecule has 0 unspecified atom stereocenters. The first kappa shape index (κ1) is 12.9. The quantitative estimate of drug-likeness (QED) is 0.842. The highest BCUT2D eigenvalue weighted by Gasteiger charge is 2.28. The molecule has 1 aliphatic rings. The average molecular weight is 276 g/mol. The van der Waals surface area contributed by atoms with E-state index in [4.69, 9.17) is 5.14 Å². The van der Waals surface area contributed by atoms with Crippen molar-refractivity contribution in [3.8, 4) is 0 Å². The van der Waals surface area contributed by atoms with Crippen LogP contribution in [0.5, 0.6) is 0 Å².